The van der Waals surface area contributed by atoms with Gasteiger partial charge in [0.1, 0.15) is 22.8 Å². The van der Waals surface area contributed by atoms with Crippen LogP contribution >= 0.6 is 0 Å². The van der Waals surface area contributed by atoms with Crippen LogP contribution in [0.1, 0.15) is 17.0 Å². The van der Waals surface area contributed by atoms with Crippen molar-refractivity contribution in [2.75, 3.05) is 0 Å². The van der Waals surface area contributed by atoms with Gasteiger partial charge in [0.25, 0.3) is 5.22 Å². The predicted molar refractivity (Wildman–Crippen MR) is 59.8 cm³/mol. The van der Waals surface area contributed by atoms with Crippen molar-refractivity contribution in [2.45, 2.75) is 23.3 Å². The summed E-state index contributed by atoms with van der Waals surface area (Å²) in [5.74, 6) is -1.07. The van der Waals surface area contributed by atoms with Crippen LogP contribution in [-0.4, -0.2) is 19.0 Å². The summed E-state index contributed by atoms with van der Waals surface area (Å²) in [5, 5.41) is 2.40. The molecule has 0 saturated carbocycles. The molecule has 2 rings (SSSR count). The fourth-order valence-electron chi connectivity index (χ4n) is 1.80. The van der Waals surface area contributed by atoms with Crippen molar-refractivity contribution < 1.29 is 35.0 Å². The molecule has 12 heteroatoms. The first-order valence-electron chi connectivity index (χ1n) is 5.50. The van der Waals surface area contributed by atoms with Crippen molar-refractivity contribution in [3.05, 3.63) is 29.4 Å². The van der Waals surface area contributed by atoms with Crippen molar-refractivity contribution in [3.63, 3.8) is 0 Å². The van der Waals surface area contributed by atoms with E-state index >= 15 is 0 Å². The SMILES string of the molecule is Cn1nc(C(F)(F)F)c(CS(=O)c2ncco2)c1C(F)(F)F. The average molecular weight is 347 g/mol. The number of aryl methyl sites for hydroxylation is 1. The van der Waals surface area contributed by atoms with Crippen LogP contribution in [0, 0.1) is 0 Å². The second kappa shape index (κ2) is 5.41. The lowest BCUT2D eigenvalue weighted by Gasteiger charge is -2.10. The Morgan fingerprint density at radius 3 is 2.32 bits per heavy atom. The molecule has 2 aromatic heterocycles. The molecule has 0 radical (unpaired) electrons. The van der Waals surface area contributed by atoms with Crippen LogP contribution in [0.2, 0.25) is 0 Å². The molecular formula is C10H7F6N3O2S. The highest BCUT2D eigenvalue weighted by atomic mass is 32.2. The van der Waals surface area contributed by atoms with E-state index in [2.05, 4.69) is 14.5 Å². The number of hydrogen-bond acceptors (Lipinski definition) is 4. The van der Waals surface area contributed by atoms with E-state index < -0.39 is 51.1 Å². The van der Waals surface area contributed by atoms with Crippen LogP contribution in [0.25, 0.3) is 0 Å². The molecule has 0 bridgehead atoms. The molecule has 1 unspecified atom stereocenters. The number of rotatable bonds is 3. The van der Waals surface area contributed by atoms with Crippen molar-refractivity contribution in [1.29, 1.82) is 0 Å². The highest BCUT2D eigenvalue weighted by molar-refractivity contribution is 7.84. The molecular weight excluding hydrogens is 340 g/mol. The molecule has 1 atom stereocenters. The Labute approximate surface area is 121 Å². The van der Waals surface area contributed by atoms with Gasteiger partial charge in [-0.05, 0) is 0 Å². The standard InChI is InChI=1S/C10H7F6N3O2S/c1-19-7(10(14,15)16)5(6(18-19)9(11,12)13)4-22(20)8-17-2-3-21-8/h2-3H,4H2,1H3. The molecule has 0 aliphatic rings. The Morgan fingerprint density at radius 1 is 1.23 bits per heavy atom. The van der Waals surface area contributed by atoms with Gasteiger partial charge in [-0.1, -0.05) is 0 Å². The highest BCUT2D eigenvalue weighted by Gasteiger charge is 2.46. The van der Waals surface area contributed by atoms with Gasteiger partial charge >= 0.3 is 12.4 Å². The molecule has 22 heavy (non-hydrogen) atoms. The predicted octanol–water partition coefficient (Wildman–Crippen LogP) is 2.75. The summed E-state index contributed by atoms with van der Waals surface area (Å²) in [6.45, 7) is 0. The summed E-state index contributed by atoms with van der Waals surface area (Å²) in [5.41, 5.74) is -4.55. The fraction of sp³-hybridized carbons (Fsp3) is 0.400. The topological polar surface area (TPSA) is 60.9 Å². The number of alkyl halides is 6. The Morgan fingerprint density at radius 2 is 1.86 bits per heavy atom. The van der Waals surface area contributed by atoms with Gasteiger partial charge in [-0.3, -0.25) is 4.68 Å². The van der Waals surface area contributed by atoms with Gasteiger partial charge in [0.2, 0.25) is 0 Å². The van der Waals surface area contributed by atoms with Crippen molar-refractivity contribution >= 4 is 10.8 Å². The molecule has 0 aliphatic carbocycles. The van der Waals surface area contributed by atoms with E-state index in [9.17, 15) is 30.6 Å². The molecule has 0 aromatic carbocycles. The van der Waals surface area contributed by atoms with Crippen LogP contribution in [0.5, 0.6) is 0 Å². The van der Waals surface area contributed by atoms with Crippen LogP contribution in [0.4, 0.5) is 26.3 Å². The molecule has 0 spiro atoms. The molecule has 122 valence electrons. The van der Waals surface area contributed by atoms with E-state index in [-0.39, 0.29) is 4.68 Å². The molecule has 0 N–H and O–H groups in total. The number of aromatic nitrogens is 3. The van der Waals surface area contributed by atoms with Crippen LogP contribution in [0.15, 0.2) is 22.1 Å². The molecule has 0 fully saturated rings. The normalized spacial score (nSPS) is 14.3. The maximum Gasteiger partial charge on any atom is 0.435 e. The minimum absolute atomic E-state index is 0.0743. The van der Waals surface area contributed by atoms with E-state index in [1.165, 1.54) is 0 Å². The summed E-state index contributed by atoms with van der Waals surface area (Å²) in [7, 11) is -1.58. The first-order valence-corrected chi connectivity index (χ1v) is 6.82. The first kappa shape index (κ1) is 16.5. The number of halogens is 6. The van der Waals surface area contributed by atoms with Gasteiger partial charge in [0.15, 0.2) is 5.69 Å². The third-order valence-corrected chi connectivity index (χ3v) is 3.70. The molecule has 2 heterocycles. The van der Waals surface area contributed by atoms with Crippen molar-refractivity contribution in [2.24, 2.45) is 7.05 Å². The third kappa shape index (κ3) is 3.15. The van der Waals surface area contributed by atoms with E-state index in [0.29, 0.717) is 0 Å². The number of hydrogen-bond donors (Lipinski definition) is 0. The van der Waals surface area contributed by atoms with Crippen LogP contribution in [0.3, 0.4) is 0 Å². The number of oxazole rings is 1. The van der Waals surface area contributed by atoms with E-state index in [4.69, 9.17) is 0 Å². The zero-order valence-corrected chi connectivity index (χ0v) is 11.5. The second-order valence-electron chi connectivity index (χ2n) is 4.08. The Hall–Kier alpha value is -1.85. The van der Waals surface area contributed by atoms with E-state index in [1.54, 1.807) is 0 Å². The summed E-state index contributed by atoms with van der Waals surface area (Å²) < 4.78 is 93.9. The average Bonchev–Trinajstić information content (AvgIpc) is 2.94. The molecule has 0 amide bonds. The Kier molecular flexibility index (Phi) is 4.06. The van der Waals surface area contributed by atoms with Crippen LogP contribution < -0.4 is 0 Å². The maximum absolute atomic E-state index is 12.9. The summed E-state index contributed by atoms with van der Waals surface area (Å²) >= 11 is 0. The van der Waals surface area contributed by atoms with Crippen LogP contribution in [-0.2, 0) is 36.0 Å². The lowest BCUT2D eigenvalue weighted by molar-refractivity contribution is -0.144. The first-order chi connectivity index (χ1) is 10.0. The monoisotopic (exact) mass is 347 g/mol. The van der Waals surface area contributed by atoms with Gasteiger partial charge in [-0.15, -0.1) is 0 Å². The Bertz CT molecular complexity index is 689. The summed E-state index contributed by atoms with van der Waals surface area (Å²) in [6.07, 6.45) is -8.11. The maximum atomic E-state index is 12.9. The largest absolute Gasteiger partial charge is 0.438 e. The zero-order valence-electron chi connectivity index (χ0n) is 10.7. The molecule has 5 nitrogen and oxygen atoms in total. The minimum atomic E-state index is -5.11. The summed E-state index contributed by atoms with van der Waals surface area (Å²) in [4.78, 5) is 3.45. The van der Waals surface area contributed by atoms with Crippen molar-refractivity contribution in [3.8, 4) is 0 Å². The minimum Gasteiger partial charge on any atom is -0.438 e. The smallest absolute Gasteiger partial charge is 0.435 e. The highest BCUT2D eigenvalue weighted by Crippen LogP contribution is 2.39. The van der Waals surface area contributed by atoms with Gasteiger partial charge < -0.3 is 4.42 Å². The quantitative estimate of drug-likeness (QED) is 0.801. The van der Waals surface area contributed by atoms with E-state index in [0.717, 1.165) is 19.5 Å². The lowest BCUT2D eigenvalue weighted by atomic mass is 10.2. The molecule has 0 saturated heterocycles. The number of nitrogens with zero attached hydrogens (tertiary/aromatic N) is 3. The van der Waals surface area contributed by atoms with Gasteiger partial charge in [-0.2, -0.15) is 31.4 Å². The van der Waals surface area contributed by atoms with Gasteiger partial charge in [-0.25, -0.2) is 9.19 Å². The van der Waals surface area contributed by atoms with Gasteiger partial charge in [0.05, 0.1) is 11.9 Å². The summed E-state index contributed by atoms with van der Waals surface area (Å²) in [6, 6.07) is 0. The Balaban J connectivity index is 2.54. The van der Waals surface area contributed by atoms with E-state index in [1.807, 2.05) is 0 Å². The molecule has 0 aliphatic heterocycles. The second-order valence-corrected chi connectivity index (χ2v) is 5.41. The fourth-order valence-corrected chi connectivity index (χ4v) is 2.80. The lowest BCUT2D eigenvalue weighted by Crippen LogP contribution is -2.16. The molecule has 2 aromatic rings. The van der Waals surface area contributed by atoms with Gasteiger partial charge in [0, 0.05) is 12.6 Å². The third-order valence-electron chi connectivity index (χ3n) is 2.56. The van der Waals surface area contributed by atoms with Crippen molar-refractivity contribution in [1.82, 2.24) is 14.8 Å². The zero-order chi connectivity index (χ0) is 16.7.